The quantitative estimate of drug-likeness (QED) is 0.927. The number of carbonyl (C=O) groups excluding carboxylic acids is 1. The van der Waals surface area contributed by atoms with Crippen molar-refractivity contribution in [2.75, 3.05) is 13.6 Å². The van der Waals surface area contributed by atoms with Gasteiger partial charge in [-0.25, -0.2) is 9.48 Å². The predicted molar refractivity (Wildman–Crippen MR) is 78.3 cm³/mol. The zero-order chi connectivity index (χ0) is 18.1. The van der Waals surface area contributed by atoms with Crippen LogP contribution in [0, 0.1) is 6.92 Å². The van der Waals surface area contributed by atoms with Gasteiger partial charge < -0.3 is 10.0 Å². The summed E-state index contributed by atoms with van der Waals surface area (Å²) in [5.41, 5.74) is 1.03. The Balaban J connectivity index is 2.22. The van der Waals surface area contributed by atoms with Crippen molar-refractivity contribution in [3.63, 3.8) is 0 Å². The lowest BCUT2D eigenvalue weighted by atomic mass is 10.1. The molecule has 128 valence electrons. The highest BCUT2D eigenvalue weighted by Crippen LogP contribution is 2.18. The standard InChI is InChI=1S/C15H14F3N3O3/c1-9-12(14(23)24)7-19-21(9)11-5-3-10(4-6-11)13(22)20(2)8-15(16,17)18/h3-7H,8H2,1-2H3,(H,23,24). The van der Waals surface area contributed by atoms with Crippen LogP contribution in [0.25, 0.3) is 5.69 Å². The highest BCUT2D eigenvalue weighted by Gasteiger charge is 2.31. The molecular weight excluding hydrogens is 327 g/mol. The zero-order valence-electron chi connectivity index (χ0n) is 12.8. The molecule has 0 aliphatic rings. The maximum absolute atomic E-state index is 12.3. The summed E-state index contributed by atoms with van der Waals surface area (Å²) in [6.45, 7) is 0.237. The van der Waals surface area contributed by atoms with Crippen molar-refractivity contribution in [2.45, 2.75) is 13.1 Å². The summed E-state index contributed by atoms with van der Waals surface area (Å²) < 4.78 is 38.4. The first-order valence-corrected chi connectivity index (χ1v) is 6.80. The predicted octanol–water partition coefficient (Wildman–Crippen LogP) is 2.51. The van der Waals surface area contributed by atoms with Gasteiger partial charge in [-0.2, -0.15) is 18.3 Å². The molecule has 0 atom stereocenters. The molecule has 1 heterocycles. The van der Waals surface area contributed by atoms with Crippen molar-refractivity contribution in [1.82, 2.24) is 14.7 Å². The van der Waals surface area contributed by atoms with Crippen molar-refractivity contribution in [3.8, 4) is 5.69 Å². The van der Waals surface area contributed by atoms with Gasteiger partial charge in [0.15, 0.2) is 0 Å². The molecule has 6 nitrogen and oxygen atoms in total. The van der Waals surface area contributed by atoms with E-state index in [2.05, 4.69) is 5.10 Å². The first-order chi connectivity index (χ1) is 11.1. The van der Waals surface area contributed by atoms with Gasteiger partial charge in [0.25, 0.3) is 5.91 Å². The van der Waals surface area contributed by atoms with Crippen molar-refractivity contribution >= 4 is 11.9 Å². The lowest BCUT2D eigenvalue weighted by Crippen LogP contribution is -2.35. The number of hydrogen-bond donors (Lipinski definition) is 1. The number of amides is 1. The summed E-state index contributed by atoms with van der Waals surface area (Å²) in [7, 11) is 1.07. The first-order valence-electron chi connectivity index (χ1n) is 6.80. The van der Waals surface area contributed by atoms with E-state index in [4.69, 9.17) is 5.11 Å². The average Bonchev–Trinajstić information content (AvgIpc) is 2.87. The molecule has 0 saturated carbocycles. The second-order valence-electron chi connectivity index (χ2n) is 5.18. The number of carbonyl (C=O) groups is 2. The average molecular weight is 341 g/mol. The second kappa shape index (κ2) is 6.34. The molecule has 0 aliphatic carbocycles. The number of nitrogens with zero attached hydrogens (tertiary/aromatic N) is 3. The number of aromatic carboxylic acids is 1. The number of carboxylic acid groups (broad SMARTS) is 1. The minimum Gasteiger partial charge on any atom is -0.478 e. The summed E-state index contributed by atoms with van der Waals surface area (Å²) in [6, 6.07) is 5.71. The second-order valence-corrected chi connectivity index (χ2v) is 5.18. The summed E-state index contributed by atoms with van der Waals surface area (Å²) in [5, 5.41) is 13.0. The summed E-state index contributed by atoms with van der Waals surface area (Å²) >= 11 is 0. The number of alkyl halides is 3. The van der Waals surface area contributed by atoms with E-state index >= 15 is 0 Å². The summed E-state index contributed by atoms with van der Waals surface area (Å²) in [5.74, 6) is -1.87. The molecule has 0 radical (unpaired) electrons. The van der Waals surface area contributed by atoms with E-state index < -0.39 is 24.6 Å². The Bertz CT molecular complexity index is 767. The van der Waals surface area contributed by atoms with Gasteiger partial charge in [0.1, 0.15) is 12.1 Å². The van der Waals surface area contributed by atoms with E-state index in [1.54, 1.807) is 6.92 Å². The topological polar surface area (TPSA) is 75.4 Å². The van der Waals surface area contributed by atoms with Crippen molar-refractivity contribution in [2.24, 2.45) is 0 Å². The van der Waals surface area contributed by atoms with Gasteiger partial charge in [0.2, 0.25) is 0 Å². The molecule has 1 aromatic heterocycles. The summed E-state index contributed by atoms with van der Waals surface area (Å²) in [4.78, 5) is 23.5. The number of halogens is 3. The smallest absolute Gasteiger partial charge is 0.406 e. The fourth-order valence-corrected chi connectivity index (χ4v) is 2.19. The van der Waals surface area contributed by atoms with Crippen LogP contribution in [0.2, 0.25) is 0 Å². The Kier molecular flexibility index (Phi) is 4.63. The van der Waals surface area contributed by atoms with Gasteiger partial charge in [-0.1, -0.05) is 0 Å². The monoisotopic (exact) mass is 341 g/mol. The van der Waals surface area contributed by atoms with Crippen LogP contribution in [0.3, 0.4) is 0 Å². The van der Waals surface area contributed by atoms with Crippen LogP contribution in [0.4, 0.5) is 13.2 Å². The minimum absolute atomic E-state index is 0.0417. The molecule has 0 fully saturated rings. The van der Waals surface area contributed by atoms with Crippen molar-refractivity contribution in [3.05, 3.63) is 47.3 Å². The Morgan fingerprint density at radius 1 is 1.25 bits per heavy atom. The van der Waals surface area contributed by atoms with Gasteiger partial charge in [0.05, 0.1) is 17.6 Å². The molecule has 0 aliphatic heterocycles. The molecule has 0 spiro atoms. The van der Waals surface area contributed by atoms with Crippen LogP contribution in [-0.2, 0) is 0 Å². The van der Waals surface area contributed by atoms with Crippen LogP contribution >= 0.6 is 0 Å². The zero-order valence-corrected chi connectivity index (χ0v) is 12.8. The van der Waals surface area contributed by atoms with Crippen molar-refractivity contribution in [1.29, 1.82) is 0 Å². The van der Waals surface area contributed by atoms with Crippen molar-refractivity contribution < 1.29 is 27.9 Å². The molecular formula is C15H14F3N3O3. The Hall–Kier alpha value is -2.84. The van der Waals surface area contributed by atoms with E-state index in [-0.39, 0.29) is 11.1 Å². The van der Waals surface area contributed by atoms with E-state index in [1.807, 2.05) is 0 Å². The van der Waals surface area contributed by atoms with Gasteiger partial charge >= 0.3 is 12.1 Å². The molecule has 2 rings (SSSR count). The molecule has 1 N–H and O–H groups in total. The third-order valence-electron chi connectivity index (χ3n) is 3.36. The van der Waals surface area contributed by atoms with Gasteiger partial charge in [-0.3, -0.25) is 4.79 Å². The van der Waals surface area contributed by atoms with Crippen LogP contribution in [0.5, 0.6) is 0 Å². The Morgan fingerprint density at radius 2 is 1.83 bits per heavy atom. The number of carboxylic acids is 1. The Morgan fingerprint density at radius 3 is 2.29 bits per heavy atom. The molecule has 2 aromatic rings. The van der Waals surface area contributed by atoms with E-state index in [0.717, 1.165) is 7.05 Å². The van der Waals surface area contributed by atoms with Crippen LogP contribution < -0.4 is 0 Å². The number of aromatic nitrogens is 2. The van der Waals surface area contributed by atoms with Crippen LogP contribution in [-0.4, -0.2) is 51.4 Å². The van der Waals surface area contributed by atoms with E-state index in [9.17, 15) is 22.8 Å². The maximum atomic E-state index is 12.3. The fraction of sp³-hybridized carbons (Fsp3) is 0.267. The Labute approximate surface area is 135 Å². The molecule has 1 amide bonds. The van der Waals surface area contributed by atoms with Gasteiger partial charge in [-0.05, 0) is 31.2 Å². The van der Waals surface area contributed by atoms with E-state index in [0.29, 0.717) is 16.3 Å². The normalized spacial score (nSPS) is 11.4. The maximum Gasteiger partial charge on any atom is 0.406 e. The molecule has 0 bridgehead atoms. The largest absolute Gasteiger partial charge is 0.478 e. The number of hydrogen-bond acceptors (Lipinski definition) is 3. The fourth-order valence-electron chi connectivity index (χ4n) is 2.19. The highest BCUT2D eigenvalue weighted by atomic mass is 19.4. The lowest BCUT2D eigenvalue weighted by Gasteiger charge is -2.19. The van der Waals surface area contributed by atoms with Gasteiger partial charge in [0, 0.05) is 12.6 Å². The van der Waals surface area contributed by atoms with E-state index in [1.165, 1.54) is 35.1 Å². The first kappa shape index (κ1) is 17.5. The number of benzene rings is 1. The molecule has 1 aromatic carbocycles. The third-order valence-corrected chi connectivity index (χ3v) is 3.36. The lowest BCUT2D eigenvalue weighted by molar-refractivity contribution is -0.138. The van der Waals surface area contributed by atoms with Crippen LogP contribution in [0.15, 0.2) is 30.5 Å². The van der Waals surface area contributed by atoms with Crippen LogP contribution in [0.1, 0.15) is 26.4 Å². The minimum atomic E-state index is -4.47. The SMILES string of the molecule is Cc1c(C(=O)O)cnn1-c1ccc(C(=O)N(C)CC(F)(F)F)cc1. The molecule has 9 heteroatoms. The third kappa shape index (κ3) is 3.73. The molecule has 0 unspecified atom stereocenters. The number of rotatable bonds is 4. The molecule has 24 heavy (non-hydrogen) atoms. The molecule has 0 saturated heterocycles. The van der Waals surface area contributed by atoms with Gasteiger partial charge in [-0.15, -0.1) is 0 Å². The summed E-state index contributed by atoms with van der Waals surface area (Å²) in [6.07, 6.45) is -3.27. The highest BCUT2D eigenvalue weighted by molar-refractivity contribution is 5.94.